The first kappa shape index (κ1) is 16.2. The molecule has 2 aromatic rings. The van der Waals surface area contributed by atoms with Gasteiger partial charge >= 0.3 is 0 Å². The fourth-order valence-electron chi connectivity index (χ4n) is 2.36. The standard InChI is InChI=1S/C16H22BrN3O/c1-10(2)6-12(9-18)7-15-19-16(20-21-15)13-5-4-11(3)14(17)8-13/h4-5,8,10,12H,6-7,9,18H2,1-3H3/t12-/m0/s1. The Morgan fingerprint density at radius 1 is 1.33 bits per heavy atom. The van der Waals surface area contributed by atoms with Crippen LogP contribution in [0, 0.1) is 18.8 Å². The van der Waals surface area contributed by atoms with Gasteiger partial charge in [-0.1, -0.05) is 47.1 Å². The highest BCUT2D eigenvalue weighted by Gasteiger charge is 2.16. The summed E-state index contributed by atoms with van der Waals surface area (Å²) in [6.45, 7) is 7.09. The van der Waals surface area contributed by atoms with Crippen LogP contribution in [0.1, 0.15) is 31.7 Å². The Hall–Kier alpha value is -1.20. The summed E-state index contributed by atoms with van der Waals surface area (Å²) in [7, 11) is 0. The van der Waals surface area contributed by atoms with Gasteiger partial charge in [-0.05, 0) is 43.4 Å². The molecule has 0 saturated carbocycles. The molecule has 0 spiro atoms. The first-order valence-corrected chi connectivity index (χ1v) is 8.08. The van der Waals surface area contributed by atoms with Gasteiger partial charge in [0.15, 0.2) is 0 Å². The van der Waals surface area contributed by atoms with Crippen molar-refractivity contribution in [2.75, 3.05) is 6.54 Å². The number of nitrogens with zero attached hydrogens (tertiary/aromatic N) is 2. The number of aryl methyl sites for hydroxylation is 1. The normalized spacial score (nSPS) is 12.9. The largest absolute Gasteiger partial charge is 0.339 e. The molecule has 0 radical (unpaired) electrons. The molecule has 2 N–H and O–H groups in total. The Labute approximate surface area is 134 Å². The molecule has 21 heavy (non-hydrogen) atoms. The highest BCUT2D eigenvalue weighted by molar-refractivity contribution is 9.10. The average molecular weight is 352 g/mol. The summed E-state index contributed by atoms with van der Waals surface area (Å²) < 4.78 is 6.42. The second-order valence-corrected chi connectivity index (χ2v) is 6.77. The van der Waals surface area contributed by atoms with Crippen molar-refractivity contribution in [2.45, 2.75) is 33.6 Å². The molecule has 0 unspecified atom stereocenters. The molecule has 2 rings (SSSR count). The van der Waals surface area contributed by atoms with Crippen LogP contribution in [0.3, 0.4) is 0 Å². The molecule has 0 fully saturated rings. The minimum atomic E-state index is 0.392. The Bertz CT molecular complexity index is 595. The van der Waals surface area contributed by atoms with Crippen LogP contribution in [0.4, 0.5) is 0 Å². The zero-order valence-corrected chi connectivity index (χ0v) is 14.4. The van der Waals surface area contributed by atoms with Gasteiger partial charge in [0.25, 0.3) is 0 Å². The zero-order chi connectivity index (χ0) is 15.4. The van der Waals surface area contributed by atoms with Crippen LogP contribution >= 0.6 is 15.9 Å². The zero-order valence-electron chi connectivity index (χ0n) is 12.8. The summed E-state index contributed by atoms with van der Waals surface area (Å²) in [6.07, 6.45) is 1.82. The number of halogens is 1. The summed E-state index contributed by atoms with van der Waals surface area (Å²) in [5, 5.41) is 4.08. The Morgan fingerprint density at radius 3 is 2.71 bits per heavy atom. The Balaban J connectivity index is 2.11. The lowest BCUT2D eigenvalue weighted by Crippen LogP contribution is -2.19. The fourth-order valence-corrected chi connectivity index (χ4v) is 2.74. The van der Waals surface area contributed by atoms with E-state index >= 15 is 0 Å². The van der Waals surface area contributed by atoms with Crippen molar-refractivity contribution in [1.82, 2.24) is 10.1 Å². The van der Waals surface area contributed by atoms with Crippen LogP contribution in [0.25, 0.3) is 11.4 Å². The van der Waals surface area contributed by atoms with Crippen molar-refractivity contribution in [2.24, 2.45) is 17.6 Å². The van der Waals surface area contributed by atoms with Gasteiger partial charge in [-0.25, -0.2) is 0 Å². The molecule has 0 saturated heterocycles. The van der Waals surface area contributed by atoms with Crippen LogP contribution in [0.2, 0.25) is 0 Å². The third-order valence-electron chi connectivity index (χ3n) is 3.50. The van der Waals surface area contributed by atoms with Gasteiger partial charge in [0.1, 0.15) is 0 Å². The number of rotatable bonds is 6. The smallest absolute Gasteiger partial charge is 0.227 e. The molecule has 114 valence electrons. The monoisotopic (exact) mass is 351 g/mol. The van der Waals surface area contributed by atoms with Gasteiger partial charge in [-0.2, -0.15) is 4.98 Å². The van der Waals surface area contributed by atoms with Crippen LogP contribution in [0.5, 0.6) is 0 Å². The highest BCUT2D eigenvalue weighted by atomic mass is 79.9. The van der Waals surface area contributed by atoms with E-state index in [4.69, 9.17) is 10.3 Å². The fraction of sp³-hybridized carbons (Fsp3) is 0.500. The second kappa shape index (κ2) is 7.18. The summed E-state index contributed by atoms with van der Waals surface area (Å²) in [5.41, 5.74) is 7.96. The molecule has 1 aromatic carbocycles. The molecule has 0 amide bonds. The minimum Gasteiger partial charge on any atom is -0.339 e. The van der Waals surface area contributed by atoms with Crippen LogP contribution in [-0.4, -0.2) is 16.7 Å². The minimum absolute atomic E-state index is 0.392. The predicted octanol–water partition coefficient (Wildman–Crippen LogP) is 3.97. The molecule has 1 atom stereocenters. The number of benzene rings is 1. The number of aromatic nitrogens is 2. The van der Waals surface area contributed by atoms with E-state index in [0.717, 1.165) is 22.9 Å². The first-order chi connectivity index (χ1) is 9.99. The summed E-state index contributed by atoms with van der Waals surface area (Å²) >= 11 is 3.53. The summed E-state index contributed by atoms with van der Waals surface area (Å²) in [6, 6.07) is 6.05. The van der Waals surface area contributed by atoms with Gasteiger partial charge in [-0.3, -0.25) is 0 Å². The van der Waals surface area contributed by atoms with E-state index < -0.39 is 0 Å². The maximum atomic E-state index is 5.83. The summed E-state index contributed by atoms with van der Waals surface area (Å²) in [4.78, 5) is 4.49. The van der Waals surface area contributed by atoms with Crippen molar-refractivity contribution in [3.8, 4) is 11.4 Å². The van der Waals surface area contributed by atoms with Gasteiger partial charge in [0.05, 0.1) is 0 Å². The molecule has 0 aliphatic carbocycles. The van der Waals surface area contributed by atoms with E-state index in [1.807, 2.05) is 25.1 Å². The molecule has 4 nitrogen and oxygen atoms in total. The SMILES string of the molecule is Cc1ccc(-c2noc(C[C@@H](CN)CC(C)C)n2)cc1Br. The van der Waals surface area contributed by atoms with Crippen molar-refractivity contribution in [3.63, 3.8) is 0 Å². The highest BCUT2D eigenvalue weighted by Crippen LogP contribution is 2.24. The second-order valence-electron chi connectivity index (χ2n) is 5.91. The van der Waals surface area contributed by atoms with Crippen molar-refractivity contribution in [1.29, 1.82) is 0 Å². The van der Waals surface area contributed by atoms with Gasteiger partial charge in [-0.15, -0.1) is 0 Å². The molecule has 1 heterocycles. The predicted molar refractivity (Wildman–Crippen MR) is 87.9 cm³/mol. The molecular formula is C16H22BrN3O. The Morgan fingerprint density at radius 2 is 2.10 bits per heavy atom. The quantitative estimate of drug-likeness (QED) is 0.854. The maximum absolute atomic E-state index is 5.83. The lowest BCUT2D eigenvalue weighted by molar-refractivity contribution is 0.332. The molecule has 0 bridgehead atoms. The number of hydrogen-bond donors (Lipinski definition) is 1. The van der Waals surface area contributed by atoms with Crippen molar-refractivity contribution in [3.05, 3.63) is 34.1 Å². The number of hydrogen-bond acceptors (Lipinski definition) is 4. The third-order valence-corrected chi connectivity index (χ3v) is 4.35. The van der Waals surface area contributed by atoms with E-state index in [1.165, 1.54) is 5.56 Å². The van der Waals surface area contributed by atoms with Crippen LogP contribution in [0.15, 0.2) is 27.2 Å². The van der Waals surface area contributed by atoms with Crippen LogP contribution in [-0.2, 0) is 6.42 Å². The lowest BCUT2D eigenvalue weighted by Gasteiger charge is -2.14. The Kier molecular flexibility index (Phi) is 5.53. The number of nitrogens with two attached hydrogens (primary N) is 1. The van der Waals surface area contributed by atoms with Gasteiger partial charge in [0.2, 0.25) is 11.7 Å². The van der Waals surface area contributed by atoms with E-state index in [1.54, 1.807) is 0 Å². The molecular weight excluding hydrogens is 330 g/mol. The lowest BCUT2D eigenvalue weighted by atomic mass is 9.94. The van der Waals surface area contributed by atoms with E-state index in [9.17, 15) is 0 Å². The average Bonchev–Trinajstić information content (AvgIpc) is 2.89. The molecule has 5 heteroatoms. The molecule has 0 aliphatic heterocycles. The van der Waals surface area contributed by atoms with E-state index in [-0.39, 0.29) is 0 Å². The molecule has 0 aliphatic rings. The van der Waals surface area contributed by atoms with E-state index in [2.05, 4.69) is 39.9 Å². The first-order valence-electron chi connectivity index (χ1n) is 7.28. The van der Waals surface area contributed by atoms with Crippen molar-refractivity contribution < 1.29 is 4.52 Å². The van der Waals surface area contributed by atoms with Gasteiger partial charge < -0.3 is 10.3 Å². The van der Waals surface area contributed by atoms with Crippen LogP contribution < -0.4 is 5.73 Å². The summed E-state index contributed by atoms with van der Waals surface area (Å²) in [5.74, 6) is 2.31. The third kappa shape index (κ3) is 4.38. The van der Waals surface area contributed by atoms with Gasteiger partial charge in [0, 0.05) is 16.5 Å². The van der Waals surface area contributed by atoms with Crippen molar-refractivity contribution >= 4 is 15.9 Å². The molecule has 1 aromatic heterocycles. The topological polar surface area (TPSA) is 64.9 Å². The maximum Gasteiger partial charge on any atom is 0.227 e. The van der Waals surface area contributed by atoms with E-state index in [0.29, 0.717) is 30.1 Å².